The van der Waals surface area contributed by atoms with Crippen LogP contribution in [0.3, 0.4) is 0 Å². The van der Waals surface area contributed by atoms with Crippen molar-refractivity contribution in [3.05, 3.63) is 40.0 Å². The molecule has 0 spiro atoms. The molecule has 1 N–H and O–H groups in total. The normalized spacial score (nSPS) is 13.2. The van der Waals surface area contributed by atoms with Crippen molar-refractivity contribution in [2.75, 3.05) is 26.5 Å². The number of fused-ring (bicyclic) bond motifs is 3. The van der Waals surface area contributed by atoms with Gasteiger partial charge in [0.1, 0.15) is 15.7 Å². The molecule has 0 saturated heterocycles. The fourth-order valence-corrected chi connectivity index (χ4v) is 6.29. The van der Waals surface area contributed by atoms with Crippen LogP contribution in [0.25, 0.3) is 10.2 Å². The summed E-state index contributed by atoms with van der Waals surface area (Å²) < 4.78 is 10.6. The second kappa shape index (κ2) is 10.7. The van der Waals surface area contributed by atoms with Gasteiger partial charge in [-0.2, -0.15) is 0 Å². The monoisotopic (exact) mass is 485 g/mol. The van der Waals surface area contributed by atoms with Gasteiger partial charge in [-0.25, -0.2) is 9.97 Å². The van der Waals surface area contributed by atoms with E-state index in [2.05, 4.69) is 19.2 Å². The van der Waals surface area contributed by atoms with Crippen LogP contribution in [0.1, 0.15) is 54.4 Å². The number of thioether (sulfide) groups is 1. The highest BCUT2D eigenvalue weighted by atomic mass is 32.2. The van der Waals surface area contributed by atoms with E-state index < -0.39 is 0 Å². The van der Waals surface area contributed by atoms with Crippen LogP contribution in [0.15, 0.2) is 23.2 Å². The van der Waals surface area contributed by atoms with Gasteiger partial charge in [0.25, 0.3) is 0 Å². The SMILES string of the molecule is COc1ccc(CCNC(=O)CSc2nc(C(C)C)nc3sc4c(c23)CCCC4)cc1OC. The molecule has 0 atom stereocenters. The minimum Gasteiger partial charge on any atom is -0.493 e. The van der Waals surface area contributed by atoms with Crippen LogP contribution >= 0.6 is 23.1 Å². The molecular weight excluding hydrogens is 454 g/mol. The van der Waals surface area contributed by atoms with Crippen molar-refractivity contribution in [1.82, 2.24) is 15.3 Å². The van der Waals surface area contributed by atoms with E-state index >= 15 is 0 Å². The Labute approximate surface area is 203 Å². The molecule has 2 heterocycles. The number of hydrogen-bond donors (Lipinski definition) is 1. The topological polar surface area (TPSA) is 73.3 Å². The number of amides is 1. The standard InChI is InChI=1S/C25H31N3O3S2/c1-15(2)23-27-24(22-17-7-5-6-8-20(17)33-25(22)28-23)32-14-21(29)26-12-11-16-9-10-18(30-3)19(13-16)31-4/h9-10,13,15H,5-8,11-12,14H2,1-4H3,(H,26,29). The number of methoxy groups -OCH3 is 2. The maximum absolute atomic E-state index is 12.6. The van der Waals surface area contributed by atoms with Crippen molar-refractivity contribution in [2.24, 2.45) is 0 Å². The molecule has 0 radical (unpaired) electrons. The fraction of sp³-hybridized carbons (Fsp3) is 0.480. The van der Waals surface area contributed by atoms with Crippen LogP contribution in [0.5, 0.6) is 11.5 Å². The molecule has 0 fully saturated rings. The lowest BCUT2D eigenvalue weighted by molar-refractivity contribution is -0.118. The summed E-state index contributed by atoms with van der Waals surface area (Å²) in [5.74, 6) is 2.88. The van der Waals surface area contributed by atoms with Gasteiger partial charge in [-0.05, 0) is 55.4 Å². The molecule has 4 rings (SSSR count). The zero-order valence-corrected chi connectivity index (χ0v) is 21.3. The van der Waals surface area contributed by atoms with Gasteiger partial charge in [-0.3, -0.25) is 4.79 Å². The van der Waals surface area contributed by atoms with Gasteiger partial charge in [-0.15, -0.1) is 11.3 Å². The predicted octanol–water partition coefficient (Wildman–Crippen LogP) is 5.16. The van der Waals surface area contributed by atoms with Crippen molar-refractivity contribution < 1.29 is 14.3 Å². The number of carbonyl (C=O) groups is 1. The van der Waals surface area contributed by atoms with Gasteiger partial charge in [0.15, 0.2) is 11.5 Å². The maximum Gasteiger partial charge on any atom is 0.230 e. The highest BCUT2D eigenvalue weighted by molar-refractivity contribution is 8.00. The number of aromatic nitrogens is 2. The van der Waals surface area contributed by atoms with Crippen LogP contribution in [0, 0.1) is 0 Å². The zero-order chi connectivity index (χ0) is 23.4. The van der Waals surface area contributed by atoms with Gasteiger partial charge in [0.05, 0.1) is 20.0 Å². The van der Waals surface area contributed by atoms with Gasteiger partial charge in [-0.1, -0.05) is 31.7 Å². The first-order valence-electron chi connectivity index (χ1n) is 11.4. The molecule has 8 heteroatoms. The lowest BCUT2D eigenvalue weighted by atomic mass is 9.97. The molecule has 176 valence electrons. The van der Waals surface area contributed by atoms with Crippen LogP contribution < -0.4 is 14.8 Å². The smallest absolute Gasteiger partial charge is 0.230 e. The van der Waals surface area contributed by atoms with E-state index in [1.54, 1.807) is 14.2 Å². The predicted molar refractivity (Wildman–Crippen MR) is 135 cm³/mol. The summed E-state index contributed by atoms with van der Waals surface area (Å²) in [6, 6.07) is 5.83. The maximum atomic E-state index is 12.6. The summed E-state index contributed by atoms with van der Waals surface area (Å²) in [6.07, 6.45) is 5.41. The molecule has 0 saturated carbocycles. The molecule has 1 amide bonds. The van der Waals surface area contributed by atoms with Crippen LogP contribution in [0.4, 0.5) is 0 Å². The minimum absolute atomic E-state index is 0.0161. The highest BCUT2D eigenvalue weighted by Crippen LogP contribution is 2.40. The molecule has 33 heavy (non-hydrogen) atoms. The van der Waals surface area contributed by atoms with Crippen LogP contribution in [-0.4, -0.2) is 42.4 Å². The largest absolute Gasteiger partial charge is 0.493 e. The van der Waals surface area contributed by atoms with E-state index in [4.69, 9.17) is 19.4 Å². The lowest BCUT2D eigenvalue weighted by Crippen LogP contribution is -2.27. The molecule has 1 aromatic carbocycles. The van der Waals surface area contributed by atoms with E-state index in [1.165, 1.54) is 40.4 Å². The molecule has 1 aliphatic rings. The van der Waals surface area contributed by atoms with Gasteiger partial charge < -0.3 is 14.8 Å². The summed E-state index contributed by atoms with van der Waals surface area (Å²) in [4.78, 5) is 24.8. The van der Waals surface area contributed by atoms with Crippen LogP contribution in [-0.2, 0) is 24.1 Å². The number of carbonyl (C=O) groups excluding carboxylic acids is 1. The summed E-state index contributed by atoms with van der Waals surface area (Å²) in [5.41, 5.74) is 2.50. The summed E-state index contributed by atoms with van der Waals surface area (Å²) >= 11 is 3.34. The van der Waals surface area contributed by atoms with Crippen molar-refractivity contribution in [3.63, 3.8) is 0 Å². The Morgan fingerprint density at radius 1 is 1.15 bits per heavy atom. The van der Waals surface area contributed by atoms with E-state index in [1.807, 2.05) is 29.5 Å². The number of aryl methyl sites for hydroxylation is 2. The average molecular weight is 486 g/mol. The van der Waals surface area contributed by atoms with Crippen molar-refractivity contribution in [3.8, 4) is 11.5 Å². The first-order chi connectivity index (χ1) is 16.0. The van der Waals surface area contributed by atoms with E-state index in [0.717, 1.165) is 40.5 Å². The third-order valence-electron chi connectivity index (χ3n) is 5.84. The summed E-state index contributed by atoms with van der Waals surface area (Å²) in [7, 11) is 3.25. The number of hydrogen-bond acceptors (Lipinski definition) is 7. The number of thiophene rings is 1. The average Bonchev–Trinajstić information content (AvgIpc) is 3.21. The Morgan fingerprint density at radius 3 is 2.70 bits per heavy atom. The number of ether oxygens (including phenoxy) is 2. The molecule has 3 aromatic rings. The number of rotatable bonds is 9. The molecule has 2 aromatic heterocycles. The van der Waals surface area contributed by atoms with E-state index in [0.29, 0.717) is 23.8 Å². The second-order valence-corrected chi connectivity index (χ2v) is 10.6. The number of benzene rings is 1. The molecule has 0 bridgehead atoms. The third-order valence-corrected chi connectivity index (χ3v) is 8.00. The Bertz CT molecular complexity index is 1140. The fourth-order valence-electron chi connectivity index (χ4n) is 4.07. The number of nitrogens with one attached hydrogen (secondary N) is 1. The van der Waals surface area contributed by atoms with Gasteiger partial charge >= 0.3 is 0 Å². The van der Waals surface area contributed by atoms with Crippen molar-refractivity contribution >= 4 is 39.2 Å². The summed E-state index contributed by atoms with van der Waals surface area (Å²) in [5, 5.41) is 5.18. The minimum atomic E-state index is 0.0161. The lowest BCUT2D eigenvalue weighted by Gasteiger charge is -2.13. The third kappa shape index (κ3) is 5.44. The van der Waals surface area contributed by atoms with Gasteiger partial charge in [0.2, 0.25) is 5.91 Å². The Hall–Kier alpha value is -2.32. The summed E-state index contributed by atoms with van der Waals surface area (Å²) in [6.45, 7) is 4.80. The van der Waals surface area contributed by atoms with Crippen molar-refractivity contribution in [1.29, 1.82) is 0 Å². The number of nitrogens with zero attached hydrogens (tertiary/aromatic N) is 2. The quantitative estimate of drug-likeness (QED) is 0.333. The molecular formula is C25H31N3O3S2. The first kappa shape index (κ1) is 23.8. The molecule has 0 aliphatic heterocycles. The molecule has 0 unspecified atom stereocenters. The Morgan fingerprint density at radius 2 is 1.94 bits per heavy atom. The highest BCUT2D eigenvalue weighted by Gasteiger charge is 2.22. The molecule has 1 aliphatic carbocycles. The van der Waals surface area contributed by atoms with Gasteiger partial charge in [0, 0.05) is 22.7 Å². The van der Waals surface area contributed by atoms with Crippen LogP contribution in [0.2, 0.25) is 0 Å². The second-order valence-electron chi connectivity index (χ2n) is 8.51. The van der Waals surface area contributed by atoms with E-state index in [9.17, 15) is 4.79 Å². The van der Waals surface area contributed by atoms with E-state index in [-0.39, 0.29) is 11.8 Å². The zero-order valence-electron chi connectivity index (χ0n) is 19.7. The Balaban J connectivity index is 1.41. The molecule has 6 nitrogen and oxygen atoms in total. The first-order valence-corrected chi connectivity index (χ1v) is 13.2. The Kier molecular flexibility index (Phi) is 7.75. The van der Waals surface area contributed by atoms with Crippen molar-refractivity contribution in [2.45, 2.75) is 56.9 Å².